The predicted molar refractivity (Wildman–Crippen MR) is 72.3 cm³/mol. The Labute approximate surface area is 112 Å². The molecule has 0 heterocycles. The maximum atomic E-state index is 13.2. The second-order valence-corrected chi connectivity index (χ2v) is 4.26. The number of carbonyl (C=O) groups excluding carboxylic acids is 1. The van der Waals surface area contributed by atoms with Gasteiger partial charge in [-0.25, -0.2) is 4.39 Å². The van der Waals surface area contributed by atoms with E-state index in [1.165, 1.54) is 12.1 Å². The van der Waals surface area contributed by atoms with E-state index in [9.17, 15) is 9.18 Å². The largest absolute Gasteiger partial charge is 0.480 e. The number of ether oxygens (including phenoxy) is 1. The fraction of sp³-hybridized carbons (Fsp3) is 0.357. The van der Waals surface area contributed by atoms with Crippen molar-refractivity contribution >= 4 is 5.91 Å². The van der Waals surface area contributed by atoms with Gasteiger partial charge in [-0.05, 0) is 19.9 Å². The highest BCUT2D eigenvalue weighted by molar-refractivity contribution is 5.80. The Bertz CT molecular complexity index is 461. The molecule has 2 unspecified atom stereocenters. The molecule has 4 nitrogen and oxygen atoms in total. The Morgan fingerprint density at radius 3 is 2.84 bits per heavy atom. The van der Waals surface area contributed by atoms with E-state index in [1.807, 2.05) is 0 Å². The molecule has 0 fully saturated rings. The minimum absolute atomic E-state index is 0.288. The Morgan fingerprint density at radius 1 is 1.58 bits per heavy atom. The molecule has 1 aromatic carbocycles. The van der Waals surface area contributed by atoms with Crippen LogP contribution in [0.5, 0.6) is 5.75 Å². The number of nitrogens with one attached hydrogen (secondary N) is 1. The first-order valence-corrected chi connectivity index (χ1v) is 6.06. The van der Waals surface area contributed by atoms with Gasteiger partial charge in [0.2, 0.25) is 0 Å². The summed E-state index contributed by atoms with van der Waals surface area (Å²) in [5, 5.41) is 2.61. The summed E-state index contributed by atoms with van der Waals surface area (Å²) in [4.78, 5) is 11.7. The number of hydrogen-bond donors (Lipinski definition) is 2. The molecular weight excluding hydrogens is 247 g/mol. The van der Waals surface area contributed by atoms with Gasteiger partial charge in [0.05, 0.1) is 0 Å². The van der Waals surface area contributed by atoms with E-state index < -0.39 is 11.9 Å². The van der Waals surface area contributed by atoms with Crippen LogP contribution in [0.2, 0.25) is 0 Å². The van der Waals surface area contributed by atoms with Crippen molar-refractivity contribution in [3.63, 3.8) is 0 Å². The molecule has 3 N–H and O–H groups in total. The van der Waals surface area contributed by atoms with Crippen LogP contribution in [0.1, 0.15) is 25.5 Å². The second-order valence-electron chi connectivity index (χ2n) is 4.26. The molecular formula is C14H19FN2O2. The van der Waals surface area contributed by atoms with Crippen molar-refractivity contribution in [3.8, 4) is 5.75 Å². The van der Waals surface area contributed by atoms with Gasteiger partial charge in [-0.3, -0.25) is 4.79 Å². The normalized spacial score (nSPS) is 13.5. The Balaban J connectivity index is 2.83. The summed E-state index contributed by atoms with van der Waals surface area (Å²) in [6, 6.07) is 3.80. The lowest BCUT2D eigenvalue weighted by Gasteiger charge is -2.18. The molecule has 0 aliphatic heterocycles. The molecule has 0 aromatic heterocycles. The van der Waals surface area contributed by atoms with E-state index in [0.717, 1.165) is 0 Å². The zero-order chi connectivity index (χ0) is 14.4. The number of benzene rings is 1. The van der Waals surface area contributed by atoms with E-state index in [2.05, 4.69) is 11.9 Å². The standard InChI is InChI=1S/C14H19FN2O2/c1-4-7-17-14(18)10(3)19-13-8-11(15)5-6-12(13)9(2)16/h4-6,8-10H,1,7,16H2,2-3H3,(H,17,18). The van der Waals surface area contributed by atoms with Crippen molar-refractivity contribution in [1.82, 2.24) is 5.32 Å². The molecule has 0 radical (unpaired) electrons. The summed E-state index contributed by atoms with van der Waals surface area (Å²) in [7, 11) is 0. The number of amides is 1. The third kappa shape index (κ3) is 4.37. The molecule has 1 rings (SSSR count). The molecule has 0 bridgehead atoms. The van der Waals surface area contributed by atoms with E-state index in [0.29, 0.717) is 12.1 Å². The van der Waals surface area contributed by atoms with Gasteiger partial charge in [-0.2, -0.15) is 0 Å². The number of nitrogens with two attached hydrogens (primary N) is 1. The van der Waals surface area contributed by atoms with Crippen molar-refractivity contribution in [2.75, 3.05) is 6.54 Å². The van der Waals surface area contributed by atoms with Crippen molar-refractivity contribution < 1.29 is 13.9 Å². The van der Waals surface area contributed by atoms with Crippen LogP contribution in [-0.4, -0.2) is 18.6 Å². The summed E-state index contributed by atoms with van der Waals surface area (Å²) < 4.78 is 18.7. The molecule has 19 heavy (non-hydrogen) atoms. The number of hydrogen-bond acceptors (Lipinski definition) is 3. The lowest BCUT2D eigenvalue weighted by molar-refractivity contribution is -0.127. The molecule has 0 saturated carbocycles. The first-order chi connectivity index (χ1) is 8.95. The van der Waals surface area contributed by atoms with E-state index in [-0.39, 0.29) is 17.7 Å². The highest BCUT2D eigenvalue weighted by atomic mass is 19.1. The van der Waals surface area contributed by atoms with Crippen LogP contribution in [0.15, 0.2) is 30.9 Å². The zero-order valence-corrected chi connectivity index (χ0v) is 11.2. The molecule has 104 valence electrons. The van der Waals surface area contributed by atoms with Crippen LogP contribution in [0.25, 0.3) is 0 Å². The third-order valence-electron chi connectivity index (χ3n) is 2.56. The van der Waals surface area contributed by atoms with Crippen LogP contribution in [0, 0.1) is 5.82 Å². The average Bonchev–Trinajstić information content (AvgIpc) is 2.35. The molecule has 5 heteroatoms. The first-order valence-electron chi connectivity index (χ1n) is 6.06. The van der Waals surface area contributed by atoms with Gasteiger partial charge in [-0.1, -0.05) is 12.1 Å². The number of halogens is 1. The van der Waals surface area contributed by atoms with Crippen LogP contribution in [-0.2, 0) is 4.79 Å². The smallest absolute Gasteiger partial charge is 0.261 e. The molecule has 0 aliphatic rings. The number of carbonyl (C=O) groups is 1. The molecule has 0 aliphatic carbocycles. The van der Waals surface area contributed by atoms with Crippen molar-refractivity contribution in [2.24, 2.45) is 5.73 Å². The summed E-state index contributed by atoms with van der Waals surface area (Å²) in [6.45, 7) is 7.22. The molecule has 2 atom stereocenters. The lowest BCUT2D eigenvalue weighted by Crippen LogP contribution is -2.36. The summed E-state index contributed by atoms with van der Waals surface area (Å²) >= 11 is 0. The monoisotopic (exact) mass is 266 g/mol. The van der Waals surface area contributed by atoms with Gasteiger partial charge in [0, 0.05) is 24.2 Å². The van der Waals surface area contributed by atoms with Gasteiger partial charge in [0.15, 0.2) is 6.10 Å². The SMILES string of the molecule is C=CCNC(=O)C(C)Oc1cc(F)ccc1C(C)N. The van der Waals surface area contributed by atoms with Gasteiger partial charge < -0.3 is 15.8 Å². The molecule has 1 amide bonds. The van der Waals surface area contributed by atoms with Crippen molar-refractivity contribution in [2.45, 2.75) is 26.0 Å². The van der Waals surface area contributed by atoms with Crippen LogP contribution < -0.4 is 15.8 Å². The van der Waals surface area contributed by atoms with Crippen LogP contribution in [0.3, 0.4) is 0 Å². The molecule has 0 saturated heterocycles. The quantitative estimate of drug-likeness (QED) is 0.773. The van der Waals surface area contributed by atoms with Gasteiger partial charge in [0.25, 0.3) is 5.91 Å². The Hall–Kier alpha value is -1.88. The highest BCUT2D eigenvalue weighted by Gasteiger charge is 2.17. The molecule has 1 aromatic rings. The minimum atomic E-state index is -0.737. The lowest BCUT2D eigenvalue weighted by atomic mass is 10.1. The maximum Gasteiger partial charge on any atom is 0.261 e. The van der Waals surface area contributed by atoms with E-state index in [1.54, 1.807) is 26.0 Å². The van der Waals surface area contributed by atoms with Crippen LogP contribution in [0.4, 0.5) is 4.39 Å². The Kier molecular flexibility index (Phi) is 5.51. The highest BCUT2D eigenvalue weighted by Crippen LogP contribution is 2.25. The van der Waals surface area contributed by atoms with Gasteiger partial charge >= 0.3 is 0 Å². The topological polar surface area (TPSA) is 64.3 Å². The fourth-order valence-electron chi connectivity index (χ4n) is 1.55. The fourth-order valence-corrected chi connectivity index (χ4v) is 1.55. The first kappa shape index (κ1) is 15.2. The molecule has 0 spiro atoms. The Morgan fingerprint density at radius 2 is 2.26 bits per heavy atom. The number of rotatable bonds is 6. The summed E-state index contributed by atoms with van der Waals surface area (Å²) in [5.41, 5.74) is 6.44. The minimum Gasteiger partial charge on any atom is -0.480 e. The predicted octanol–water partition coefficient (Wildman–Crippen LogP) is 1.91. The summed E-state index contributed by atoms with van der Waals surface area (Å²) in [6.07, 6.45) is 0.833. The maximum absolute atomic E-state index is 13.2. The third-order valence-corrected chi connectivity index (χ3v) is 2.56. The van der Waals surface area contributed by atoms with Crippen LogP contribution >= 0.6 is 0 Å². The second kappa shape index (κ2) is 6.89. The van der Waals surface area contributed by atoms with Crippen molar-refractivity contribution in [1.29, 1.82) is 0 Å². The van der Waals surface area contributed by atoms with Gasteiger partial charge in [0.1, 0.15) is 11.6 Å². The zero-order valence-electron chi connectivity index (χ0n) is 11.2. The summed E-state index contributed by atoms with van der Waals surface area (Å²) in [5.74, 6) is -0.436. The van der Waals surface area contributed by atoms with Gasteiger partial charge in [-0.15, -0.1) is 6.58 Å². The van der Waals surface area contributed by atoms with E-state index >= 15 is 0 Å². The van der Waals surface area contributed by atoms with E-state index in [4.69, 9.17) is 10.5 Å². The van der Waals surface area contributed by atoms with Crippen molar-refractivity contribution in [3.05, 3.63) is 42.2 Å². The average molecular weight is 266 g/mol.